The highest BCUT2D eigenvalue weighted by Crippen LogP contribution is 2.29. The Bertz CT molecular complexity index is 1140. The highest BCUT2D eigenvalue weighted by Gasteiger charge is 2.27. The van der Waals surface area contributed by atoms with Crippen molar-refractivity contribution in [3.63, 3.8) is 0 Å². The minimum absolute atomic E-state index is 0.392. The molecule has 4 rings (SSSR count). The van der Waals surface area contributed by atoms with Gasteiger partial charge in [-0.2, -0.15) is 4.98 Å². The molecule has 0 aromatic carbocycles. The summed E-state index contributed by atoms with van der Waals surface area (Å²) >= 11 is 3.18. The van der Waals surface area contributed by atoms with Gasteiger partial charge in [-0.1, -0.05) is 36.9 Å². The highest BCUT2D eigenvalue weighted by molar-refractivity contribution is 8.01. The summed E-state index contributed by atoms with van der Waals surface area (Å²) in [6, 6.07) is 0. The molecular formula is C18H25N7O2S2. The molecule has 0 aliphatic carbocycles. The largest absolute Gasteiger partial charge is 0.342 e. The van der Waals surface area contributed by atoms with Crippen LogP contribution >= 0.6 is 23.1 Å². The standard InChI is InChI=1S/C18H25N7O2S2/c1-10-7-11(2)9-24(8-10)16-19-14-13(15(26)20-17(27)23(14)4)25(16)5-6-28-18-22-21-12(3)29-18/h10-11H,5-9H2,1-4H3,(H,20,26,27)/t10-,11+. The molecule has 0 spiro atoms. The summed E-state index contributed by atoms with van der Waals surface area (Å²) in [4.78, 5) is 34.2. The fraction of sp³-hybridized carbons (Fsp3) is 0.611. The van der Waals surface area contributed by atoms with E-state index in [2.05, 4.69) is 33.9 Å². The Balaban J connectivity index is 1.73. The number of aromatic amines is 1. The summed E-state index contributed by atoms with van der Waals surface area (Å²) < 4.78 is 4.28. The maximum absolute atomic E-state index is 12.7. The van der Waals surface area contributed by atoms with E-state index >= 15 is 0 Å². The predicted molar refractivity (Wildman–Crippen MR) is 116 cm³/mol. The number of rotatable bonds is 5. The van der Waals surface area contributed by atoms with Crippen molar-refractivity contribution in [1.29, 1.82) is 0 Å². The van der Waals surface area contributed by atoms with Crippen molar-refractivity contribution in [3.05, 3.63) is 25.8 Å². The van der Waals surface area contributed by atoms with Crippen molar-refractivity contribution in [2.24, 2.45) is 18.9 Å². The Labute approximate surface area is 176 Å². The smallest absolute Gasteiger partial charge is 0.329 e. The van der Waals surface area contributed by atoms with Crippen LogP contribution in [-0.4, -0.2) is 48.1 Å². The maximum Gasteiger partial charge on any atom is 0.329 e. The molecule has 0 radical (unpaired) electrons. The van der Waals surface area contributed by atoms with Crippen LogP contribution in [0.4, 0.5) is 5.95 Å². The molecule has 156 valence electrons. The molecule has 3 aromatic heterocycles. The van der Waals surface area contributed by atoms with Gasteiger partial charge in [0.2, 0.25) is 5.95 Å². The van der Waals surface area contributed by atoms with E-state index in [0.29, 0.717) is 29.5 Å². The van der Waals surface area contributed by atoms with Crippen molar-refractivity contribution in [3.8, 4) is 0 Å². The zero-order chi connectivity index (χ0) is 20.7. The number of thioether (sulfide) groups is 1. The Kier molecular flexibility index (Phi) is 5.52. The lowest BCUT2D eigenvalue weighted by molar-refractivity contribution is 0.352. The first-order chi connectivity index (χ1) is 13.8. The third-order valence-electron chi connectivity index (χ3n) is 5.19. The summed E-state index contributed by atoms with van der Waals surface area (Å²) in [5.74, 6) is 2.59. The number of aryl methyl sites for hydroxylation is 3. The fourth-order valence-electron chi connectivity index (χ4n) is 4.06. The van der Waals surface area contributed by atoms with Crippen LogP contribution in [0.5, 0.6) is 0 Å². The second-order valence-electron chi connectivity index (χ2n) is 7.84. The van der Waals surface area contributed by atoms with Gasteiger partial charge in [-0.25, -0.2) is 4.79 Å². The van der Waals surface area contributed by atoms with Crippen LogP contribution in [0.2, 0.25) is 0 Å². The number of imidazole rings is 1. The van der Waals surface area contributed by atoms with E-state index in [1.807, 2.05) is 11.5 Å². The average Bonchev–Trinajstić information content (AvgIpc) is 3.23. The van der Waals surface area contributed by atoms with Gasteiger partial charge < -0.3 is 9.47 Å². The molecule has 2 atom stereocenters. The van der Waals surface area contributed by atoms with Gasteiger partial charge in [-0.15, -0.1) is 10.2 Å². The normalized spacial score (nSPS) is 19.9. The summed E-state index contributed by atoms with van der Waals surface area (Å²) in [5.41, 5.74) is 0.0351. The van der Waals surface area contributed by atoms with Crippen molar-refractivity contribution >= 4 is 40.2 Å². The molecule has 9 nitrogen and oxygen atoms in total. The van der Waals surface area contributed by atoms with Gasteiger partial charge in [0.15, 0.2) is 15.5 Å². The van der Waals surface area contributed by atoms with Crippen molar-refractivity contribution in [1.82, 2.24) is 29.3 Å². The van der Waals surface area contributed by atoms with Gasteiger partial charge in [-0.3, -0.25) is 14.3 Å². The third-order valence-corrected chi connectivity index (χ3v) is 7.14. The molecule has 1 fully saturated rings. The van der Waals surface area contributed by atoms with E-state index < -0.39 is 11.2 Å². The number of nitrogens with zero attached hydrogens (tertiary/aromatic N) is 6. The van der Waals surface area contributed by atoms with Crippen LogP contribution in [-0.2, 0) is 13.6 Å². The van der Waals surface area contributed by atoms with Gasteiger partial charge >= 0.3 is 5.69 Å². The average molecular weight is 436 g/mol. The second-order valence-corrected chi connectivity index (χ2v) is 10.4. The predicted octanol–water partition coefficient (Wildman–Crippen LogP) is 1.86. The van der Waals surface area contributed by atoms with Crippen LogP contribution < -0.4 is 16.1 Å². The molecule has 4 heterocycles. The Hall–Kier alpha value is -2.14. The highest BCUT2D eigenvalue weighted by atomic mass is 32.2. The van der Waals surface area contributed by atoms with E-state index in [9.17, 15) is 9.59 Å². The number of hydrogen-bond acceptors (Lipinski definition) is 8. The molecule has 29 heavy (non-hydrogen) atoms. The first-order valence-electron chi connectivity index (χ1n) is 9.71. The van der Waals surface area contributed by atoms with Crippen LogP contribution in [0.1, 0.15) is 25.3 Å². The zero-order valence-electron chi connectivity index (χ0n) is 17.0. The molecule has 1 N–H and O–H groups in total. The van der Waals surface area contributed by atoms with E-state index in [1.165, 1.54) is 11.0 Å². The first kappa shape index (κ1) is 20.1. The van der Waals surface area contributed by atoms with Crippen molar-refractivity contribution in [2.45, 2.75) is 38.1 Å². The number of piperidine rings is 1. The van der Waals surface area contributed by atoms with Crippen LogP contribution in [0, 0.1) is 18.8 Å². The third kappa shape index (κ3) is 3.97. The summed E-state index contributed by atoms with van der Waals surface area (Å²) in [7, 11) is 1.64. The van der Waals surface area contributed by atoms with E-state index in [-0.39, 0.29) is 0 Å². The van der Waals surface area contributed by atoms with E-state index in [1.54, 1.807) is 30.1 Å². The molecule has 1 aliphatic rings. The zero-order valence-corrected chi connectivity index (χ0v) is 18.6. The fourth-order valence-corrected chi connectivity index (χ4v) is 5.87. The summed E-state index contributed by atoms with van der Waals surface area (Å²) in [6.45, 7) is 8.79. The number of nitrogens with one attached hydrogen (secondary N) is 1. The Morgan fingerprint density at radius 1 is 1.21 bits per heavy atom. The SMILES string of the molecule is Cc1nnc(SCCn2c(N3C[C@H](C)C[C@H](C)C3)nc3c2c(=O)[nH]c(=O)n3C)s1. The monoisotopic (exact) mass is 435 g/mol. The van der Waals surface area contributed by atoms with Crippen LogP contribution in [0.3, 0.4) is 0 Å². The molecule has 1 aliphatic heterocycles. The second kappa shape index (κ2) is 7.94. The Morgan fingerprint density at radius 2 is 1.93 bits per heavy atom. The topological polar surface area (TPSA) is 102 Å². The van der Waals surface area contributed by atoms with E-state index in [4.69, 9.17) is 4.98 Å². The lowest BCUT2D eigenvalue weighted by Crippen LogP contribution is -2.40. The molecule has 11 heteroatoms. The first-order valence-corrected chi connectivity index (χ1v) is 11.5. The number of aromatic nitrogens is 6. The maximum atomic E-state index is 12.7. The van der Waals surface area contributed by atoms with Gasteiger partial charge in [0.05, 0.1) is 0 Å². The van der Waals surface area contributed by atoms with Crippen molar-refractivity contribution < 1.29 is 0 Å². The molecule has 0 amide bonds. The van der Waals surface area contributed by atoms with Crippen LogP contribution in [0.15, 0.2) is 13.9 Å². The lowest BCUT2D eigenvalue weighted by Gasteiger charge is -2.35. The number of hydrogen-bond donors (Lipinski definition) is 1. The van der Waals surface area contributed by atoms with Gasteiger partial charge in [-0.05, 0) is 25.2 Å². The minimum Gasteiger partial charge on any atom is -0.342 e. The number of anilines is 1. The quantitative estimate of drug-likeness (QED) is 0.610. The van der Waals surface area contributed by atoms with Gasteiger partial charge in [0.1, 0.15) is 5.01 Å². The summed E-state index contributed by atoms with van der Waals surface area (Å²) in [5, 5.41) is 9.14. The minimum atomic E-state index is -0.446. The van der Waals surface area contributed by atoms with E-state index in [0.717, 1.165) is 34.1 Å². The van der Waals surface area contributed by atoms with Gasteiger partial charge in [0.25, 0.3) is 5.56 Å². The van der Waals surface area contributed by atoms with Gasteiger partial charge in [0, 0.05) is 32.4 Å². The molecule has 3 aromatic rings. The van der Waals surface area contributed by atoms with Crippen molar-refractivity contribution in [2.75, 3.05) is 23.7 Å². The van der Waals surface area contributed by atoms with Crippen LogP contribution in [0.25, 0.3) is 11.2 Å². The molecule has 0 bridgehead atoms. The lowest BCUT2D eigenvalue weighted by atomic mass is 9.92. The molecule has 0 unspecified atom stereocenters. The molecular weight excluding hydrogens is 410 g/mol. The number of H-pyrrole nitrogens is 1. The Morgan fingerprint density at radius 3 is 2.59 bits per heavy atom. The summed E-state index contributed by atoms with van der Waals surface area (Å²) in [6.07, 6.45) is 1.18. The number of fused-ring (bicyclic) bond motifs is 1. The molecule has 1 saturated heterocycles. The molecule has 0 saturated carbocycles.